The minimum Gasteiger partial charge on any atom is -0.345 e. The molecule has 17 heavy (non-hydrogen) atoms. The topological polar surface area (TPSA) is 29.1 Å². The van der Waals surface area contributed by atoms with E-state index in [0.29, 0.717) is 0 Å². The van der Waals surface area contributed by atoms with E-state index >= 15 is 0 Å². The molecule has 0 saturated heterocycles. The average molecular weight is 231 g/mol. The normalized spacial score (nSPS) is 13.6. The summed E-state index contributed by atoms with van der Waals surface area (Å²) in [5.74, 6) is -0.0451. The predicted molar refractivity (Wildman–Crippen MR) is 71.6 cm³/mol. The molecule has 1 aromatic rings. The number of carbonyl (C=O) groups is 1. The monoisotopic (exact) mass is 231 g/mol. The number of carbonyl (C=O) groups excluding carboxylic acids is 1. The van der Waals surface area contributed by atoms with Crippen LogP contribution in [0.25, 0.3) is 0 Å². The fourth-order valence-corrected chi connectivity index (χ4v) is 1.79. The van der Waals surface area contributed by atoms with Gasteiger partial charge in [0, 0.05) is 0 Å². The maximum atomic E-state index is 11.7. The van der Waals surface area contributed by atoms with Crippen LogP contribution in [0, 0.1) is 5.41 Å². The lowest BCUT2D eigenvalue weighted by molar-refractivity contribution is -0.118. The molecular formula is C15H21NO. The van der Waals surface area contributed by atoms with Crippen LogP contribution in [0.5, 0.6) is 0 Å². The Morgan fingerprint density at radius 3 is 2.29 bits per heavy atom. The molecule has 0 aliphatic heterocycles. The molecule has 0 aromatic heterocycles. The third-order valence-corrected chi connectivity index (χ3v) is 2.60. The van der Waals surface area contributed by atoms with Gasteiger partial charge >= 0.3 is 0 Å². The van der Waals surface area contributed by atoms with E-state index in [-0.39, 0.29) is 17.4 Å². The van der Waals surface area contributed by atoms with Gasteiger partial charge in [-0.3, -0.25) is 4.79 Å². The lowest BCUT2D eigenvalue weighted by atomic mass is 9.82. The van der Waals surface area contributed by atoms with E-state index < -0.39 is 0 Å². The van der Waals surface area contributed by atoms with Gasteiger partial charge in [0.2, 0.25) is 5.91 Å². The first kappa shape index (κ1) is 13.5. The van der Waals surface area contributed by atoms with Crippen LogP contribution in [0.1, 0.15) is 39.3 Å². The molecule has 0 saturated carbocycles. The maximum Gasteiger partial charge on any atom is 0.244 e. The SMILES string of the molecule is CC=CC(=O)NC(c1ccccc1)C(C)(C)C. The van der Waals surface area contributed by atoms with E-state index in [0.717, 1.165) is 5.56 Å². The highest BCUT2D eigenvalue weighted by Gasteiger charge is 2.26. The lowest BCUT2D eigenvalue weighted by Crippen LogP contribution is -2.35. The van der Waals surface area contributed by atoms with Crippen LogP contribution in [-0.2, 0) is 4.79 Å². The molecule has 2 heteroatoms. The fourth-order valence-electron chi connectivity index (χ4n) is 1.79. The Labute approximate surface area is 104 Å². The number of allylic oxidation sites excluding steroid dienone is 1. The van der Waals surface area contributed by atoms with Gasteiger partial charge in [-0.25, -0.2) is 0 Å². The minimum absolute atomic E-state index is 0.0153. The summed E-state index contributed by atoms with van der Waals surface area (Å²) in [4.78, 5) is 11.7. The Hall–Kier alpha value is -1.57. The summed E-state index contributed by atoms with van der Waals surface area (Å²) in [6.07, 6.45) is 3.31. The van der Waals surface area contributed by atoms with Crippen LogP contribution in [0.3, 0.4) is 0 Å². The van der Waals surface area contributed by atoms with Crippen LogP contribution < -0.4 is 5.32 Å². The number of amides is 1. The molecule has 1 rings (SSSR count). The smallest absolute Gasteiger partial charge is 0.244 e. The van der Waals surface area contributed by atoms with Gasteiger partial charge in [-0.1, -0.05) is 57.2 Å². The van der Waals surface area contributed by atoms with Crippen molar-refractivity contribution in [2.75, 3.05) is 0 Å². The molecule has 0 spiro atoms. The largest absolute Gasteiger partial charge is 0.345 e. The van der Waals surface area contributed by atoms with Gasteiger partial charge in [0.15, 0.2) is 0 Å². The maximum absolute atomic E-state index is 11.7. The van der Waals surface area contributed by atoms with E-state index in [1.54, 1.807) is 12.2 Å². The van der Waals surface area contributed by atoms with E-state index in [1.165, 1.54) is 0 Å². The molecule has 2 nitrogen and oxygen atoms in total. The summed E-state index contributed by atoms with van der Waals surface area (Å²) >= 11 is 0. The third kappa shape index (κ3) is 4.06. The second kappa shape index (κ2) is 5.67. The third-order valence-electron chi connectivity index (χ3n) is 2.60. The van der Waals surface area contributed by atoms with Crippen molar-refractivity contribution in [3.05, 3.63) is 48.0 Å². The van der Waals surface area contributed by atoms with Crippen molar-refractivity contribution < 1.29 is 4.79 Å². The molecule has 0 heterocycles. The fraction of sp³-hybridized carbons (Fsp3) is 0.400. The van der Waals surface area contributed by atoms with Crippen molar-refractivity contribution in [1.82, 2.24) is 5.32 Å². The van der Waals surface area contributed by atoms with E-state index in [4.69, 9.17) is 0 Å². The van der Waals surface area contributed by atoms with E-state index in [1.807, 2.05) is 37.3 Å². The van der Waals surface area contributed by atoms with Crippen molar-refractivity contribution in [2.24, 2.45) is 5.41 Å². The first-order valence-electron chi connectivity index (χ1n) is 5.93. The van der Waals surface area contributed by atoms with Crippen LogP contribution in [-0.4, -0.2) is 5.91 Å². The van der Waals surface area contributed by atoms with Gasteiger partial charge in [-0.15, -0.1) is 0 Å². The molecule has 1 amide bonds. The molecule has 0 fully saturated rings. The molecule has 0 bridgehead atoms. The zero-order valence-electron chi connectivity index (χ0n) is 11.0. The highest BCUT2D eigenvalue weighted by atomic mass is 16.1. The van der Waals surface area contributed by atoms with Crippen molar-refractivity contribution in [1.29, 1.82) is 0 Å². The molecule has 0 aliphatic rings. The van der Waals surface area contributed by atoms with Crippen LogP contribution in [0.4, 0.5) is 0 Å². The number of benzene rings is 1. The first-order valence-corrected chi connectivity index (χ1v) is 5.93. The number of nitrogens with one attached hydrogen (secondary N) is 1. The number of hydrogen-bond acceptors (Lipinski definition) is 1. The molecule has 92 valence electrons. The zero-order valence-corrected chi connectivity index (χ0v) is 11.0. The van der Waals surface area contributed by atoms with Gasteiger partial charge in [0.05, 0.1) is 6.04 Å². The Bertz CT molecular complexity index is 387. The highest BCUT2D eigenvalue weighted by molar-refractivity contribution is 5.87. The second-order valence-corrected chi connectivity index (χ2v) is 5.22. The first-order chi connectivity index (χ1) is 7.95. The van der Waals surface area contributed by atoms with Crippen molar-refractivity contribution in [3.63, 3.8) is 0 Å². The van der Waals surface area contributed by atoms with Gasteiger partial charge in [0.25, 0.3) is 0 Å². The molecule has 0 radical (unpaired) electrons. The van der Waals surface area contributed by atoms with Crippen LogP contribution in [0.15, 0.2) is 42.5 Å². The summed E-state index contributed by atoms with van der Waals surface area (Å²) in [5.41, 5.74) is 1.12. The molecule has 1 atom stereocenters. The molecule has 1 N–H and O–H groups in total. The Balaban J connectivity index is 2.94. The van der Waals surface area contributed by atoms with Gasteiger partial charge < -0.3 is 5.32 Å². The zero-order chi connectivity index (χ0) is 12.9. The Kier molecular flexibility index (Phi) is 4.50. The molecule has 1 aromatic carbocycles. The van der Waals surface area contributed by atoms with Gasteiger partial charge in [-0.2, -0.15) is 0 Å². The van der Waals surface area contributed by atoms with Crippen LogP contribution in [0.2, 0.25) is 0 Å². The summed E-state index contributed by atoms with van der Waals surface area (Å²) in [7, 11) is 0. The summed E-state index contributed by atoms with van der Waals surface area (Å²) in [6, 6.07) is 10.1. The average Bonchev–Trinajstić information content (AvgIpc) is 2.26. The standard InChI is InChI=1S/C15H21NO/c1-5-9-13(17)16-14(15(2,3)4)12-10-7-6-8-11-12/h5-11,14H,1-4H3,(H,16,17). The van der Waals surface area contributed by atoms with Crippen LogP contribution >= 0.6 is 0 Å². The quantitative estimate of drug-likeness (QED) is 0.793. The highest BCUT2D eigenvalue weighted by Crippen LogP contribution is 2.32. The molecule has 1 unspecified atom stereocenters. The number of rotatable bonds is 3. The van der Waals surface area contributed by atoms with Crippen molar-refractivity contribution >= 4 is 5.91 Å². The van der Waals surface area contributed by atoms with Crippen molar-refractivity contribution in [3.8, 4) is 0 Å². The number of hydrogen-bond donors (Lipinski definition) is 1. The predicted octanol–water partition coefficient (Wildman–Crippen LogP) is 3.47. The molecular weight excluding hydrogens is 210 g/mol. The van der Waals surface area contributed by atoms with Gasteiger partial charge in [0.1, 0.15) is 0 Å². The summed E-state index contributed by atoms with van der Waals surface area (Å²) < 4.78 is 0. The van der Waals surface area contributed by atoms with E-state index in [9.17, 15) is 4.79 Å². The van der Waals surface area contributed by atoms with Gasteiger partial charge in [-0.05, 0) is 24.0 Å². The Morgan fingerprint density at radius 1 is 1.24 bits per heavy atom. The lowest BCUT2D eigenvalue weighted by Gasteiger charge is -2.31. The summed E-state index contributed by atoms with van der Waals surface area (Å²) in [5, 5.41) is 3.05. The Morgan fingerprint density at radius 2 is 1.82 bits per heavy atom. The minimum atomic E-state index is -0.0451. The molecule has 0 aliphatic carbocycles. The second-order valence-electron chi connectivity index (χ2n) is 5.22. The van der Waals surface area contributed by atoms with E-state index in [2.05, 4.69) is 26.1 Å². The van der Waals surface area contributed by atoms with Crippen molar-refractivity contribution in [2.45, 2.75) is 33.7 Å². The summed E-state index contributed by atoms with van der Waals surface area (Å²) in [6.45, 7) is 8.22.